The summed E-state index contributed by atoms with van der Waals surface area (Å²) in [7, 11) is 0. The van der Waals surface area contributed by atoms with Gasteiger partial charge < -0.3 is 13.9 Å². The first-order valence-electron chi connectivity index (χ1n) is 9.68. The molecule has 0 aliphatic rings. The number of benzene rings is 2. The van der Waals surface area contributed by atoms with Crippen LogP contribution in [0.4, 0.5) is 5.13 Å². The Bertz CT molecular complexity index is 1280. The van der Waals surface area contributed by atoms with Crippen molar-refractivity contribution in [2.24, 2.45) is 0 Å². The van der Waals surface area contributed by atoms with Crippen molar-refractivity contribution in [2.45, 2.75) is 13.8 Å². The van der Waals surface area contributed by atoms with Crippen LogP contribution in [0.25, 0.3) is 22.2 Å². The van der Waals surface area contributed by atoms with E-state index >= 15 is 0 Å². The van der Waals surface area contributed by atoms with Crippen molar-refractivity contribution < 1.29 is 18.7 Å². The molecule has 7 nitrogen and oxygen atoms in total. The molecule has 0 aliphatic carbocycles. The Labute approximate surface area is 182 Å². The van der Waals surface area contributed by atoms with Gasteiger partial charge in [-0.2, -0.15) is 0 Å². The summed E-state index contributed by atoms with van der Waals surface area (Å²) in [5.74, 6) is 0.902. The van der Waals surface area contributed by atoms with Gasteiger partial charge in [0.25, 0.3) is 5.91 Å². The van der Waals surface area contributed by atoms with E-state index in [9.17, 15) is 9.59 Å². The Morgan fingerprint density at radius 3 is 2.65 bits per heavy atom. The van der Waals surface area contributed by atoms with Crippen molar-refractivity contribution >= 4 is 33.3 Å². The summed E-state index contributed by atoms with van der Waals surface area (Å²) in [5.41, 5.74) is 2.52. The summed E-state index contributed by atoms with van der Waals surface area (Å²) in [6.45, 7) is 4.19. The van der Waals surface area contributed by atoms with Crippen LogP contribution in [0.3, 0.4) is 0 Å². The second-order valence-corrected chi connectivity index (χ2v) is 7.60. The van der Waals surface area contributed by atoms with Crippen LogP contribution >= 0.6 is 11.3 Å². The predicted molar refractivity (Wildman–Crippen MR) is 120 cm³/mol. The molecule has 2 heterocycles. The molecule has 0 unspecified atom stereocenters. The number of nitrogens with one attached hydrogen (secondary N) is 1. The molecule has 8 heteroatoms. The number of ether oxygens (including phenoxy) is 2. The van der Waals surface area contributed by atoms with Crippen LogP contribution in [0.15, 0.2) is 63.1 Å². The number of fused-ring (bicyclic) bond motifs is 1. The van der Waals surface area contributed by atoms with Crippen molar-refractivity contribution in [2.75, 3.05) is 18.5 Å². The normalized spacial score (nSPS) is 10.8. The number of amides is 1. The molecule has 0 aliphatic heterocycles. The summed E-state index contributed by atoms with van der Waals surface area (Å²) >= 11 is 1.33. The monoisotopic (exact) mass is 436 g/mol. The van der Waals surface area contributed by atoms with Crippen molar-refractivity contribution in [3.8, 4) is 22.8 Å². The minimum Gasteiger partial charge on any atom is -0.494 e. The van der Waals surface area contributed by atoms with E-state index in [-0.39, 0.29) is 12.5 Å². The minimum atomic E-state index is -0.424. The number of rotatable bonds is 7. The summed E-state index contributed by atoms with van der Waals surface area (Å²) in [5, 5.41) is 5.91. The maximum absolute atomic E-state index is 12.3. The van der Waals surface area contributed by atoms with Gasteiger partial charge in [0, 0.05) is 28.5 Å². The van der Waals surface area contributed by atoms with Gasteiger partial charge in [-0.25, -0.2) is 9.78 Å². The SMILES string of the molecule is CCOc1ccc(-c2csc(NC(=O)COc3ccc4c(C)cc(=O)oc4c3)n2)cc1. The zero-order valence-corrected chi connectivity index (χ0v) is 17.8. The standard InChI is InChI=1S/C23H20N2O5S/c1-3-28-16-6-4-15(5-7-16)19-13-31-23(24-19)25-21(26)12-29-17-8-9-18-14(2)10-22(27)30-20(18)11-17/h4-11,13H,3,12H2,1-2H3,(H,24,25,26). The number of carbonyl (C=O) groups is 1. The van der Waals surface area contributed by atoms with Crippen LogP contribution < -0.4 is 20.4 Å². The molecule has 0 bridgehead atoms. The summed E-state index contributed by atoms with van der Waals surface area (Å²) in [6.07, 6.45) is 0. The zero-order chi connectivity index (χ0) is 21.8. The molecule has 1 N–H and O–H groups in total. The van der Waals surface area contributed by atoms with Gasteiger partial charge in [-0.1, -0.05) is 0 Å². The second-order valence-electron chi connectivity index (χ2n) is 6.74. The summed E-state index contributed by atoms with van der Waals surface area (Å²) < 4.78 is 16.2. The lowest BCUT2D eigenvalue weighted by Crippen LogP contribution is -2.20. The fourth-order valence-electron chi connectivity index (χ4n) is 3.05. The molecule has 2 aromatic carbocycles. The Morgan fingerprint density at radius 1 is 1.10 bits per heavy atom. The van der Waals surface area contributed by atoms with E-state index in [1.807, 2.05) is 43.5 Å². The largest absolute Gasteiger partial charge is 0.494 e. The van der Waals surface area contributed by atoms with Gasteiger partial charge >= 0.3 is 5.63 Å². The minimum absolute atomic E-state index is 0.195. The number of hydrogen-bond donors (Lipinski definition) is 1. The molecule has 0 fully saturated rings. The van der Waals surface area contributed by atoms with E-state index in [0.29, 0.717) is 23.1 Å². The molecule has 31 heavy (non-hydrogen) atoms. The average molecular weight is 436 g/mol. The highest BCUT2D eigenvalue weighted by Crippen LogP contribution is 2.27. The van der Waals surface area contributed by atoms with Crippen molar-refractivity contribution in [1.29, 1.82) is 0 Å². The van der Waals surface area contributed by atoms with E-state index in [1.54, 1.807) is 18.2 Å². The first-order valence-corrected chi connectivity index (χ1v) is 10.6. The fourth-order valence-corrected chi connectivity index (χ4v) is 3.79. The van der Waals surface area contributed by atoms with Crippen LogP contribution in [-0.2, 0) is 4.79 Å². The van der Waals surface area contributed by atoms with Gasteiger partial charge in [0.05, 0.1) is 12.3 Å². The molecule has 2 aromatic heterocycles. The Kier molecular flexibility index (Phi) is 5.99. The third-order valence-electron chi connectivity index (χ3n) is 4.50. The third-order valence-corrected chi connectivity index (χ3v) is 5.26. The molecule has 4 rings (SSSR count). The highest BCUT2D eigenvalue weighted by molar-refractivity contribution is 7.14. The van der Waals surface area contributed by atoms with Gasteiger partial charge in [-0.3, -0.25) is 10.1 Å². The Hall–Kier alpha value is -3.65. The van der Waals surface area contributed by atoms with Gasteiger partial charge in [0.2, 0.25) is 0 Å². The fraction of sp³-hybridized carbons (Fsp3) is 0.174. The van der Waals surface area contributed by atoms with E-state index in [0.717, 1.165) is 28.0 Å². The van der Waals surface area contributed by atoms with Crippen molar-refractivity contribution in [3.05, 3.63) is 69.9 Å². The zero-order valence-electron chi connectivity index (χ0n) is 17.0. The topological polar surface area (TPSA) is 90.7 Å². The molecule has 158 valence electrons. The highest BCUT2D eigenvalue weighted by atomic mass is 32.1. The number of aromatic nitrogens is 1. The quantitative estimate of drug-likeness (QED) is 0.425. The maximum Gasteiger partial charge on any atom is 0.336 e. The summed E-state index contributed by atoms with van der Waals surface area (Å²) in [6, 6.07) is 14.2. The van der Waals surface area contributed by atoms with Crippen molar-refractivity contribution in [3.63, 3.8) is 0 Å². The van der Waals surface area contributed by atoms with E-state index in [4.69, 9.17) is 13.9 Å². The lowest BCUT2D eigenvalue weighted by Gasteiger charge is -2.07. The molecule has 0 radical (unpaired) electrons. The van der Waals surface area contributed by atoms with Gasteiger partial charge in [0.15, 0.2) is 11.7 Å². The first kappa shape index (κ1) is 20.6. The van der Waals surface area contributed by atoms with Crippen LogP contribution in [0.1, 0.15) is 12.5 Å². The lowest BCUT2D eigenvalue weighted by atomic mass is 10.1. The predicted octanol–water partition coefficient (Wildman–Crippen LogP) is 4.64. The molecule has 0 saturated carbocycles. The van der Waals surface area contributed by atoms with Crippen LogP contribution in [-0.4, -0.2) is 24.1 Å². The first-order chi connectivity index (χ1) is 15.0. The third kappa shape index (κ3) is 4.92. The van der Waals surface area contributed by atoms with E-state index in [1.165, 1.54) is 17.4 Å². The smallest absolute Gasteiger partial charge is 0.336 e. The summed E-state index contributed by atoms with van der Waals surface area (Å²) in [4.78, 5) is 28.3. The van der Waals surface area contributed by atoms with Gasteiger partial charge in [0.1, 0.15) is 17.1 Å². The number of thiazole rings is 1. The van der Waals surface area contributed by atoms with Gasteiger partial charge in [-0.15, -0.1) is 11.3 Å². The van der Waals surface area contributed by atoms with Crippen LogP contribution in [0.5, 0.6) is 11.5 Å². The second kappa shape index (κ2) is 9.01. The maximum atomic E-state index is 12.3. The number of aryl methyl sites for hydroxylation is 1. The van der Waals surface area contributed by atoms with Crippen LogP contribution in [0, 0.1) is 6.92 Å². The lowest BCUT2D eigenvalue weighted by molar-refractivity contribution is -0.118. The molecular weight excluding hydrogens is 416 g/mol. The van der Waals surface area contributed by atoms with E-state index in [2.05, 4.69) is 10.3 Å². The van der Waals surface area contributed by atoms with E-state index < -0.39 is 5.63 Å². The van der Waals surface area contributed by atoms with Gasteiger partial charge in [-0.05, 0) is 55.8 Å². The number of carbonyl (C=O) groups excluding carboxylic acids is 1. The Balaban J connectivity index is 1.37. The molecule has 4 aromatic rings. The Morgan fingerprint density at radius 2 is 1.87 bits per heavy atom. The number of hydrogen-bond acceptors (Lipinski definition) is 7. The van der Waals surface area contributed by atoms with Crippen molar-refractivity contribution in [1.82, 2.24) is 4.98 Å². The average Bonchev–Trinajstić information content (AvgIpc) is 3.21. The molecular formula is C23H20N2O5S. The highest BCUT2D eigenvalue weighted by Gasteiger charge is 2.10. The number of nitrogens with zero attached hydrogens (tertiary/aromatic N) is 1. The number of anilines is 1. The molecule has 1 amide bonds. The molecule has 0 atom stereocenters. The molecule has 0 saturated heterocycles. The van der Waals surface area contributed by atoms with Crippen LogP contribution in [0.2, 0.25) is 0 Å². The molecule has 0 spiro atoms.